The van der Waals surface area contributed by atoms with Crippen LogP contribution >= 0.6 is 0 Å². The molecule has 1 amide bonds. The van der Waals surface area contributed by atoms with Crippen molar-refractivity contribution in [1.29, 1.82) is 0 Å². The lowest BCUT2D eigenvalue weighted by molar-refractivity contribution is -0.117. The summed E-state index contributed by atoms with van der Waals surface area (Å²) in [6.45, 7) is 3.51. The van der Waals surface area contributed by atoms with Crippen LogP contribution in [0.1, 0.15) is 28.9 Å². The van der Waals surface area contributed by atoms with Gasteiger partial charge < -0.3 is 9.64 Å². The minimum absolute atomic E-state index is 0.0806. The van der Waals surface area contributed by atoms with Crippen LogP contribution in [-0.4, -0.2) is 66.4 Å². The summed E-state index contributed by atoms with van der Waals surface area (Å²) in [5.74, 6) is 1.08. The standard InChI is InChI=1S/C21H25N5O3/c1-29-19-8-3-2-6-17(19)26-11-9-25(10-12-26)14-20(28)24-21-22-13-15-16(23-21)5-4-7-18(15)27/h2-3,6,8,13H,4-5,7,9-12,14H2,1H3,(H,22,23,24,28). The van der Waals surface area contributed by atoms with Crippen LogP contribution in [0.2, 0.25) is 0 Å². The molecule has 1 aliphatic carbocycles. The number of aromatic nitrogens is 2. The number of piperazine rings is 1. The number of hydrogen-bond acceptors (Lipinski definition) is 7. The molecule has 152 valence electrons. The number of amides is 1. The number of hydrogen-bond donors (Lipinski definition) is 1. The summed E-state index contributed by atoms with van der Waals surface area (Å²) in [6, 6.07) is 7.98. The lowest BCUT2D eigenvalue weighted by atomic mass is 9.96. The SMILES string of the molecule is COc1ccccc1N1CCN(CC(=O)Nc2ncc3c(n2)CCCC3=O)CC1. The number of benzene rings is 1. The zero-order chi connectivity index (χ0) is 20.2. The number of para-hydroxylation sites is 2. The number of anilines is 2. The maximum atomic E-state index is 12.4. The van der Waals surface area contributed by atoms with Gasteiger partial charge in [0.05, 0.1) is 30.6 Å². The molecule has 0 radical (unpaired) electrons. The Hall–Kier alpha value is -3.00. The quantitative estimate of drug-likeness (QED) is 0.825. The minimum atomic E-state index is -0.141. The van der Waals surface area contributed by atoms with E-state index in [1.807, 2.05) is 18.2 Å². The van der Waals surface area contributed by atoms with Gasteiger partial charge in [0, 0.05) is 38.8 Å². The topological polar surface area (TPSA) is 87.7 Å². The number of aryl methyl sites for hydroxylation is 1. The van der Waals surface area contributed by atoms with Crippen molar-refractivity contribution in [2.75, 3.05) is 50.1 Å². The molecule has 0 bridgehead atoms. The van der Waals surface area contributed by atoms with Gasteiger partial charge >= 0.3 is 0 Å². The van der Waals surface area contributed by atoms with Gasteiger partial charge in [-0.1, -0.05) is 12.1 Å². The third-order valence-corrected chi connectivity index (χ3v) is 5.40. The van der Waals surface area contributed by atoms with E-state index in [1.165, 1.54) is 6.20 Å². The highest BCUT2D eigenvalue weighted by Crippen LogP contribution is 2.28. The van der Waals surface area contributed by atoms with Gasteiger partial charge in [0.25, 0.3) is 0 Å². The molecule has 2 aliphatic rings. The number of Topliss-reactive ketones (excluding diaryl/α,β-unsaturated/α-hetero) is 1. The fraction of sp³-hybridized carbons (Fsp3) is 0.429. The summed E-state index contributed by atoms with van der Waals surface area (Å²) in [5, 5.41) is 2.77. The number of methoxy groups -OCH3 is 1. The van der Waals surface area contributed by atoms with Gasteiger partial charge in [-0.25, -0.2) is 9.97 Å². The normalized spacial score (nSPS) is 17.0. The molecule has 1 fully saturated rings. The summed E-state index contributed by atoms with van der Waals surface area (Å²) >= 11 is 0. The summed E-state index contributed by atoms with van der Waals surface area (Å²) in [5.41, 5.74) is 2.40. The van der Waals surface area contributed by atoms with Crippen LogP contribution in [0, 0.1) is 0 Å². The second-order valence-corrected chi connectivity index (χ2v) is 7.31. The van der Waals surface area contributed by atoms with Crippen molar-refractivity contribution < 1.29 is 14.3 Å². The predicted octanol–water partition coefficient (Wildman–Crippen LogP) is 1.76. The van der Waals surface area contributed by atoms with Crippen molar-refractivity contribution in [3.05, 3.63) is 41.7 Å². The molecule has 0 atom stereocenters. The van der Waals surface area contributed by atoms with Crippen molar-refractivity contribution in [1.82, 2.24) is 14.9 Å². The Kier molecular flexibility index (Phi) is 5.71. The van der Waals surface area contributed by atoms with Gasteiger partial charge in [-0.05, 0) is 25.0 Å². The van der Waals surface area contributed by atoms with Crippen LogP contribution in [0.25, 0.3) is 0 Å². The number of ketones is 1. The zero-order valence-corrected chi connectivity index (χ0v) is 16.6. The average molecular weight is 395 g/mol. The van der Waals surface area contributed by atoms with Gasteiger partial charge in [0.2, 0.25) is 11.9 Å². The number of carbonyl (C=O) groups is 2. The molecule has 1 saturated heterocycles. The number of fused-ring (bicyclic) bond motifs is 1. The molecule has 29 heavy (non-hydrogen) atoms. The van der Waals surface area contributed by atoms with Crippen LogP contribution < -0.4 is 15.0 Å². The number of nitrogens with zero attached hydrogens (tertiary/aromatic N) is 4. The van der Waals surface area contributed by atoms with E-state index in [1.54, 1.807) is 7.11 Å². The molecule has 0 spiro atoms. The number of carbonyl (C=O) groups excluding carboxylic acids is 2. The van der Waals surface area contributed by atoms with Gasteiger partial charge in [-0.2, -0.15) is 0 Å². The molecule has 1 aliphatic heterocycles. The first-order chi connectivity index (χ1) is 14.1. The van der Waals surface area contributed by atoms with Crippen LogP contribution in [0.4, 0.5) is 11.6 Å². The molecule has 0 unspecified atom stereocenters. The first-order valence-electron chi connectivity index (χ1n) is 9.93. The molecule has 0 saturated carbocycles. The van der Waals surface area contributed by atoms with E-state index < -0.39 is 0 Å². The van der Waals surface area contributed by atoms with E-state index in [0.29, 0.717) is 18.5 Å². The van der Waals surface area contributed by atoms with Gasteiger partial charge in [-0.3, -0.25) is 19.8 Å². The van der Waals surface area contributed by atoms with E-state index in [9.17, 15) is 9.59 Å². The van der Waals surface area contributed by atoms with Gasteiger partial charge in [0.15, 0.2) is 5.78 Å². The first-order valence-corrected chi connectivity index (χ1v) is 9.93. The molecule has 8 heteroatoms. The zero-order valence-electron chi connectivity index (χ0n) is 16.6. The van der Waals surface area contributed by atoms with E-state index in [0.717, 1.165) is 56.2 Å². The summed E-state index contributed by atoms with van der Waals surface area (Å²) in [4.78, 5) is 37.2. The Morgan fingerprint density at radius 3 is 2.76 bits per heavy atom. The van der Waals surface area contributed by atoms with E-state index in [4.69, 9.17) is 4.74 Å². The van der Waals surface area contributed by atoms with Crippen molar-refractivity contribution >= 4 is 23.3 Å². The average Bonchev–Trinajstić information content (AvgIpc) is 2.74. The fourth-order valence-electron chi connectivity index (χ4n) is 3.86. The van der Waals surface area contributed by atoms with Crippen molar-refractivity contribution in [3.8, 4) is 5.75 Å². The van der Waals surface area contributed by atoms with Crippen LogP contribution in [0.3, 0.4) is 0 Å². The largest absolute Gasteiger partial charge is 0.495 e. The Morgan fingerprint density at radius 1 is 1.17 bits per heavy atom. The summed E-state index contributed by atoms with van der Waals surface area (Å²) < 4.78 is 5.45. The third-order valence-electron chi connectivity index (χ3n) is 5.40. The Balaban J connectivity index is 1.31. The van der Waals surface area contributed by atoms with E-state index in [2.05, 4.69) is 31.2 Å². The highest BCUT2D eigenvalue weighted by Gasteiger charge is 2.22. The van der Waals surface area contributed by atoms with Crippen molar-refractivity contribution in [2.45, 2.75) is 19.3 Å². The first kappa shape index (κ1) is 19.3. The maximum absolute atomic E-state index is 12.4. The second kappa shape index (κ2) is 8.57. The smallest absolute Gasteiger partial charge is 0.240 e. The Labute approximate surface area is 169 Å². The van der Waals surface area contributed by atoms with Crippen molar-refractivity contribution in [2.24, 2.45) is 0 Å². The summed E-state index contributed by atoms with van der Waals surface area (Å²) in [6.07, 6.45) is 3.62. The van der Waals surface area contributed by atoms with Crippen LogP contribution in [-0.2, 0) is 11.2 Å². The van der Waals surface area contributed by atoms with Crippen LogP contribution in [0.15, 0.2) is 30.5 Å². The fourth-order valence-corrected chi connectivity index (χ4v) is 3.86. The minimum Gasteiger partial charge on any atom is -0.495 e. The molecule has 4 rings (SSSR count). The lowest BCUT2D eigenvalue weighted by Gasteiger charge is -2.36. The monoisotopic (exact) mass is 395 g/mol. The van der Waals surface area contributed by atoms with Crippen molar-refractivity contribution in [3.63, 3.8) is 0 Å². The molecule has 1 N–H and O–H groups in total. The van der Waals surface area contributed by atoms with E-state index >= 15 is 0 Å². The second-order valence-electron chi connectivity index (χ2n) is 7.31. The molecule has 8 nitrogen and oxygen atoms in total. The number of rotatable bonds is 5. The molecule has 1 aromatic heterocycles. The van der Waals surface area contributed by atoms with Crippen LogP contribution in [0.5, 0.6) is 5.75 Å². The molecule has 2 heterocycles. The molecule has 1 aromatic carbocycles. The number of nitrogens with one attached hydrogen (secondary N) is 1. The predicted molar refractivity (Wildman–Crippen MR) is 110 cm³/mol. The molecular weight excluding hydrogens is 370 g/mol. The Morgan fingerprint density at radius 2 is 1.97 bits per heavy atom. The number of ether oxygens (including phenoxy) is 1. The van der Waals surface area contributed by atoms with Gasteiger partial charge in [0.1, 0.15) is 5.75 Å². The summed E-state index contributed by atoms with van der Waals surface area (Å²) in [7, 11) is 1.68. The maximum Gasteiger partial charge on any atom is 0.240 e. The lowest BCUT2D eigenvalue weighted by Crippen LogP contribution is -2.48. The highest BCUT2D eigenvalue weighted by atomic mass is 16.5. The molecule has 2 aromatic rings. The molecular formula is C21H25N5O3. The Bertz CT molecular complexity index is 909. The highest BCUT2D eigenvalue weighted by molar-refractivity contribution is 5.98. The van der Waals surface area contributed by atoms with Gasteiger partial charge in [-0.15, -0.1) is 0 Å². The third kappa shape index (κ3) is 4.37. The van der Waals surface area contributed by atoms with E-state index in [-0.39, 0.29) is 17.6 Å².